The van der Waals surface area contributed by atoms with Gasteiger partial charge in [0.05, 0.1) is 16.4 Å². The molecule has 0 aliphatic rings. The standard InChI is InChI=1S/C22H18N4O2S/c23-22-25-18-11-10-16(12-20(18)29-22)21(27)26-24-13-17-8-4-5-9-19(17)28-14-15-6-2-1-3-7-15/h1-13H,14H2,(H2,23,25)(H,26,27)/b24-13-. The number of anilines is 1. The number of carbonyl (C=O) groups excluding carboxylic acids is 1. The molecule has 3 aromatic carbocycles. The monoisotopic (exact) mass is 402 g/mol. The van der Waals surface area contributed by atoms with E-state index in [0.29, 0.717) is 23.1 Å². The van der Waals surface area contributed by atoms with Crippen LogP contribution in [-0.2, 0) is 6.61 Å². The van der Waals surface area contributed by atoms with Crippen LogP contribution in [0, 0.1) is 0 Å². The molecule has 0 atom stereocenters. The molecular weight excluding hydrogens is 384 g/mol. The van der Waals surface area contributed by atoms with Crippen LogP contribution in [0.1, 0.15) is 21.5 Å². The third-order valence-electron chi connectivity index (χ3n) is 4.19. The van der Waals surface area contributed by atoms with Gasteiger partial charge in [-0.1, -0.05) is 53.8 Å². The molecule has 7 heteroatoms. The summed E-state index contributed by atoms with van der Waals surface area (Å²) in [7, 11) is 0. The normalized spacial score (nSPS) is 11.0. The number of rotatable bonds is 6. The number of nitrogens with two attached hydrogens (primary N) is 1. The molecule has 4 aromatic rings. The first kappa shape index (κ1) is 18.6. The minimum atomic E-state index is -0.308. The summed E-state index contributed by atoms with van der Waals surface area (Å²) >= 11 is 1.34. The summed E-state index contributed by atoms with van der Waals surface area (Å²) in [4.78, 5) is 16.6. The first-order chi connectivity index (χ1) is 14.2. The van der Waals surface area contributed by atoms with Gasteiger partial charge in [0.15, 0.2) is 5.13 Å². The number of nitrogens with one attached hydrogen (secondary N) is 1. The molecule has 0 saturated carbocycles. The number of ether oxygens (including phenoxy) is 1. The van der Waals surface area contributed by atoms with E-state index in [-0.39, 0.29) is 5.91 Å². The van der Waals surface area contributed by atoms with Gasteiger partial charge >= 0.3 is 0 Å². The Bertz CT molecular complexity index is 1170. The average molecular weight is 402 g/mol. The van der Waals surface area contributed by atoms with Crippen LogP contribution in [0.25, 0.3) is 10.2 Å². The first-order valence-corrected chi connectivity index (χ1v) is 9.76. The number of benzene rings is 3. The number of para-hydroxylation sites is 1. The minimum absolute atomic E-state index is 0.308. The second-order valence-electron chi connectivity index (χ2n) is 6.25. The lowest BCUT2D eigenvalue weighted by molar-refractivity contribution is 0.0955. The summed E-state index contributed by atoms with van der Waals surface area (Å²) < 4.78 is 6.75. The topological polar surface area (TPSA) is 89.6 Å². The zero-order chi connectivity index (χ0) is 20.1. The van der Waals surface area contributed by atoms with Gasteiger partial charge < -0.3 is 10.5 Å². The van der Waals surface area contributed by atoms with E-state index in [9.17, 15) is 4.79 Å². The molecule has 0 saturated heterocycles. The maximum absolute atomic E-state index is 12.4. The highest BCUT2D eigenvalue weighted by molar-refractivity contribution is 7.22. The highest BCUT2D eigenvalue weighted by Gasteiger charge is 2.08. The molecule has 0 aliphatic carbocycles. The molecule has 1 heterocycles. The molecule has 3 N–H and O–H groups in total. The lowest BCUT2D eigenvalue weighted by Crippen LogP contribution is -2.17. The van der Waals surface area contributed by atoms with Crippen molar-refractivity contribution in [3.63, 3.8) is 0 Å². The van der Waals surface area contributed by atoms with E-state index in [0.717, 1.165) is 21.3 Å². The van der Waals surface area contributed by atoms with Crippen molar-refractivity contribution < 1.29 is 9.53 Å². The summed E-state index contributed by atoms with van der Waals surface area (Å²) in [6.07, 6.45) is 1.57. The van der Waals surface area contributed by atoms with E-state index in [1.807, 2.05) is 54.6 Å². The molecule has 1 aromatic heterocycles. The molecule has 0 spiro atoms. The van der Waals surface area contributed by atoms with E-state index in [2.05, 4.69) is 15.5 Å². The predicted octanol–water partition coefficient (Wildman–Crippen LogP) is 4.22. The van der Waals surface area contributed by atoms with Crippen LogP contribution in [0.4, 0.5) is 5.13 Å². The lowest BCUT2D eigenvalue weighted by atomic mass is 10.2. The van der Waals surface area contributed by atoms with Crippen molar-refractivity contribution >= 4 is 38.8 Å². The Labute approximate surface area is 171 Å². The van der Waals surface area contributed by atoms with Crippen molar-refractivity contribution in [2.45, 2.75) is 6.61 Å². The third kappa shape index (κ3) is 4.59. The van der Waals surface area contributed by atoms with Gasteiger partial charge in [0.25, 0.3) is 5.91 Å². The van der Waals surface area contributed by atoms with Crippen LogP contribution >= 0.6 is 11.3 Å². The molecule has 1 amide bonds. The van der Waals surface area contributed by atoms with E-state index in [1.54, 1.807) is 24.4 Å². The Morgan fingerprint density at radius 2 is 1.90 bits per heavy atom. The SMILES string of the molecule is Nc1nc2ccc(C(=O)N/N=C\c3ccccc3OCc3ccccc3)cc2s1. The van der Waals surface area contributed by atoms with Crippen LogP contribution in [0.15, 0.2) is 77.9 Å². The van der Waals surface area contributed by atoms with Gasteiger partial charge in [-0.3, -0.25) is 4.79 Å². The van der Waals surface area contributed by atoms with E-state index in [1.165, 1.54) is 11.3 Å². The van der Waals surface area contributed by atoms with Crippen LogP contribution in [0.3, 0.4) is 0 Å². The molecule has 0 bridgehead atoms. The van der Waals surface area contributed by atoms with Crippen LogP contribution in [0.5, 0.6) is 5.75 Å². The van der Waals surface area contributed by atoms with Gasteiger partial charge in [0.1, 0.15) is 12.4 Å². The molecule has 0 unspecified atom stereocenters. The summed E-state index contributed by atoms with van der Waals surface area (Å²) in [6, 6.07) is 22.7. The largest absolute Gasteiger partial charge is 0.488 e. The van der Waals surface area contributed by atoms with E-state index < -0.39 is 0 Å². The second-order valence-corrected chi connectivity index (χ2v) is 7.31. The first-order valence-electron chi connectivity index (χ1n) is 8.94. The van der Waals surface area contributed by atoms with Crippen molar-refractivity contribution in [2.75, 3.05) is 5.73 Å². The van der Waals surface area contributed by atoms with Crippen molar-refractivity contribution in [2.24, 2.45) is 5.10 Å². The summed E-state index contributed by atoms with van der Waals surface area (Å²) in [6.45, 7) is 0.454. The minimum Gasteiger partial charge on any atom is -0.488 e. The quantitative estimate of drug-likeness (QED) is 0.373. The number of hydrazone groups is 1. The molecule has 0 aliphatic heterocycles. The Kier molecular flexibility index (Phi) is 5.49. The molecule has 0 radical (unpaired) electrons. The number of nitrogen functional groups attached to an aromatic ring is 1. The fourth-order valence-corrected chi connectivity index (χ4v) is 3.54. The molecule has 29 heavy (non-hydrogen) atoms. The average Bonchev–Trinajstić information content (AvgIpc) is 3.13. The van der Waals surface area contributed by atoms with Gasteiger partial charge in [0, 0.05) is 11.1 Å². The van der Waals surface area contributed by atoms with Crippen LogP contribution < -0.4 is 15.9 Å². The number of nitrogens with zero attached hydrogens (tertiary/aromatic N) is 2. The molecule has 4 rings (SSSR count). The number of aromatic nitrogens is 1. The number of hydrogen-bond donors (Lipinski definition) is 2. The van der Waals surface area contributed by atoms with Gasteiger partial charge in [-0.25, -0.2) is 10.4 Å². The smallest absolute Gasteiger partial charge is 0.271 e. The van der Waals surface area contributed by atoms with Crippen molar-refractivity contribution in [1.82, 2.24) is 10.4 Å². The third-order valence-corrected chi connectivity index (χ3v) is 5.04. The predicted molar refractivity (Wildman–Crippen MR) is 116 cm³/mol. The fraction of sp³-hybridized carbons (Fsp3) is 0.0455. The highest BCUT2D eigenvalue weighted by Crippen LogP contribution is 2.24. The summed E-state index contributed by atoms with van der Waals surface area (Å²) in [5.74, 6) is 0.383. The zero-order valence-electron chi connectivity index (χ0n) is 15.4. The van der Waals surface area contributed by atoms with Crippen molar-refractivity contribution in [3.05, 3.63) is 89.5 Å². The van der Waals surface area contributed by atoms with E-state index >= 15 is 0 Å². The maximum Gasteiger partial charge on any atom is 0.271 e. The second kappa shape index (κ2) is 8.53. The van der Waals surface area contributed by atoms with E-state index in [4.69, 9.17) is 10.5 Å². The van der Waals surface area contributed by atoms with Crippen molar-refractivity contribution in [3.8, 4) is 5.75 Å². The highest BCUT2D eigenvalue weighted by atomic mass is 32.1. The Hall–Kier alpha value is -3.71. The Balaban J connectivity index is 1.42. The summed E-state index contributed by atoms with van der Waals surface area (Å²) in [5, 5.41) is 4.55. The lowest BCUT2D eigenvalue weighted by Gasteiger charge is -2.09. The van der Waals surface area contributed by atoms with Gasteiger partial charge in [-0.15, -0.1) is 0 Å². The Morgan fingerprint density at radius 1 is 1.10 bits per heavy atom. The molecule has 0 fully saturated rings. The molecular formula is C22H18N4O2S. The number of fused-ring (bicyclic) bond motifs is 1. The van der Waals surface area contributed by atoms with Crippen LogP contribution in [-0.4, -0.2) is 17.1 Å². The van der Waals surface area contributed by atoms with Crippen molar-refractivity contribution in [1.29, 1.82) is 0 Å². The maximum atomic E-state index is 12.4. The van der Waals surface area contributed by atoms with Gasteiger partial charge in [-0.05, 0) is 35.9 Å². The summed E-state index contributed by atoms with van der Waals surface area (Å²) in [5.41, 5.74) is 11.4. The number of carbonyl (C=O) groups is 1. The number of hydrogen-bond acceptors (Lipinski definition) is 6. The van der Waals surface area contributed by atoms with Gasteiger partial charge in [-0.2, -0.15) is 5.10 Å². The number of thiazole rings is 1. The molecule has 144 valence electrons. The van der Waals surface area contributed by atoms with Crippen LogP contribution in [0.2, 0.25) is 0 Å². The zero-order valence-corrected chi connectivity index (χ0v) is 16.2. The van der Waals surface area contributed by atoms with Gasteiger partial charge in [0.2, 0.25) is 0 Å². The molecule has 6 nitrogen and oxygen atoms in total. The Morgan fingerprint density at radius 3 is 2.76 bits per heavy atom. The number of amides is 1. The fourth-order valence-electron chi connectivity index (χ4n) is 2.76.